The lowest BCUT2D eigenvalue weighted by Crippen LogP contribution is -2.39. The quantitative estimate of drug-likeness (QED) is 0.833. The highest BCUT2D eigenvalue weighted by atomic mass is 32.2. The molecule has 0 bridgehead atoms. The SMILES string of the molecule is CCC1CN(CCn2cc(CN)nn2)CCS1. The lowest BCUT2D eigenvalue weighted by molar-refractivity contribution is 0.264. The van der Waals surface area contributed by atoms with Crippen LogP contribution in [0.2, 0.25) is 0 Å². The number of hydrogen-bond donors (Lipinski definition) is 1. The molecule has 5 nitrogen and oxygen atoms in total. The van der Waals surface area contributed by atoms with Crippen molar-refractivity contribution >= 4 is 11.8 Å². The van der Waals surface area contributed by atoms with Crippen LogP contribution in [-0.2, 0) is 13.1 Å². The van der Waals surface area contributed by atoms with Gasteiger partial charge in [0.1, 0.15) is 0 Å². The van der Waals surface area contributed by atoms with Gasteiger partial charge in [0.2, 0.25) is 0 Å². The Labute approximate surface area is 107 Å². The van der Waals surface area contributed by atoms with Gasteiger partial charge in [-0.2, -0.15) is 11.8 Å². The van der Waals surface area contributed by atoms with Crippen molar-refractivity contribution in [3.63, 3.8) is 0 Å². The third-order valence-electron chi connectivity index (χ3n) is 3.12. The number of nitrogens with zero attached hydrogens (tertiary/aromatic N) is 4. The minimum atomic E-state index is 0.470. The zero-order valence-electron chi connectivity index (χ0n) is 10.4. The fourth-order valence-corrected chi connectivity index (χ4v) is 3.26. The third-order valence-corrected chi connectivity index (χ3v) is 4.49. The lowest BCUT2D eigenvalue weighted by Gasteiger charge is -2.31. The number of aromatic nitrogens is 3. The maximum absolute atomic E-state index is 5.51. The first-order valence-corrected chi connectivity index (χ1v) is 7.29. The maximum Gasteiger partial charge on any atom is 0.0962 e. The summed E-state index contributed by atoms with van der Waals surface area (Å²) in [6, 6.07) is 0. The van der Waals surface area contributed by atoms with Crippen LogP contribution in [0.4, 0.5) is 0 Å². The first-order valence-electron chi connectivity index (χ1n) is 6.25. The summed E-state index contributed by atoms with van der Waals surface area (Å²) in [4.78, 5) is 2.52. The van der Waals surface area contributed by atoms with Crippen molar-refractivity contribution in [1.29, 1.82) is 0 Å². The molecule has 0 radical (unpaired) electrons. The highest BCUT2D eigenvalue weighted by Gasteiger charge is 2.18. The summed E-state index contributed by atoms with van der Waals surface area (Å²) < 4.78 is 1.89. The van der Waals surface area contributed by atoms with E-state index in [0.717, 1.165) is 24.0 Å². The summed E-state index contributed by atoms with van der Waals surface area (Å²) in [5.74, 6) is 1.25. The Kier molecular flexibility index (Phi) is 4.82. The van der Waals surface area contributed by atoms with Crippen LogP contribution in [-0.4, -0.2) is 50.5 Å². The normalized spacial score (nSPS) is 21.9. The second-order valence-corrected chi connectivity index (χ2v) is 5.79. The maximum atomic E-state index is 5.51. The molecule has 2 N–H and O–H groups in total. The zero-order valence-corrected chi connectivity index (χ0v) is 11.2. The molecule has 1 fully saturated rings. The van der Waals surface area contributed by atoms with E-state index in [1.54, 1.807) is 0 Å². The van der Waals surface area contributed by atoms with Crippen LogP contribution < -0.4 is 5.73 Å². The van der Waals surface area contributed by atoms with Crippen molar-refractivity contribution in [2.75, 3.05) is 25.4 Å². The van der Waals surface area contributed by atoms with Gasteiger partial charge < -0.3 is 5.73 Å². The van der Waals surface area contributed by atoms with Gasteiger partial charge in [-0.1, -0.05) is 12.1 Å². The molecule has 2 rings (SSSR count). The average Bonchev–Trinajstić information content (AvgIpc) is 2.84. The Balaban J connectivity index is 1.77. The van der Waals surface area contributed by atoms with Crippen LogP contribution in [0.1, 0.15) is 19.0 Å². The summed E-state index contributed by atoms with van der Waals surface area (Å²) in [6.07, 6.45) is 3.21. The minimum absolute atomic E-state index is 0.470. The van der Waals surface area contributed by atoms with Gasteiger partial charge in [-0.15, -0.1) is 5.10 Å². The molecule has 1 aromatic heterocycles. The monoisotopic (exact) mass is 255 g/mol. The molecule has 1 aliphatic rings. The molecule has 0 aromatic carbocycles. The van der Waals surface area contributed by atoms with E-state index < -0.39 is 0 Å². The molecule has 96 valence electrons. The molecular weight excluding hydrogens is 234 g/mol. The van der Waals surface area contributed by atoms with E-state index in [2.05, 4.69) is 33.9 Å². The van der Waals surface area contributed by atoms with Gasteiger partial charge in [0.15, 0.2) is 0 Å². The molecule has 6 heteroatoms. The van der Waals surface area contributed by atoms with Gasteiger partial charge in [-0.05, 0) is 6.42 Å². The highest BCUT2D eigenvalue weighted by molar-refractivity contribution is 8.00. The highest BCUT2D eigenvalue weighted by Crippen LogP contribution is 2.20. The molecule has 1 saturated heterocycles. The molecule has 17 heavy (non-hydrogen) atoms. The Morgan fingerprint density at radius 1 is 1.53 bits per heavy atom. The van der Waals surface area contributed by atoms with Crippen molar-refractivity contribution in [3.8, 4) is 0 Å². The van der Waals surface area contributed by atoms with Crippen LogP contribution in [0.3, 0.4) is 0 Å². The number of rotatable bonds is 5. The lowest BCUT2D eigenvalue weighted by atomic mass is 10.3. The van der Waals surface area contributed by atoms with Gasteiger partial charge in [0, 0.05) is 43.4 Å². The minimum Gasteiger partial charge on any atom is -0.325 e. The van der Waals surface area contributed by atoms with E-state index in [0.29, 0.717) is 6.54 Å². The van der Waals surface area contributed by atoms with Crippen LogP contribution >= 0.6 is 11.8 Å². The molecule has 0 saturated carbocycles. The molecule has 1 unspecified atom stereocenters. The molecule has 1 aliphatic heterocycles. The van der Waals surface area contributed by atoms with E-state index in [1.165, 1.54) is 25.3 Å². The third kappa shape index (κ3) is 3.69. The van der Waals surface area contributed by atoms with Gasteiger partial charge in [0.25, 0.3) is 0 Å². The first-order chi connectivity index (χ1) is 8.31. The van der Waals surface area contributed by atoms with E-state index >= 15 is 0 Å². The summed E-state index contributed by atoms with van der Waals surface area (Å²) in [5, 5.41) is 8.86. The van der Waals surface area contributed by atoms with Crippen molar-refractivity contribution in [2.45, 2.75) is 31.7 Å². The van der Waals surface area contributed by atoms with Crippen molar-refractivity contribution in [1.82, 2.24) is 19.9 Å². The smallest absolute Gasteiger partial charge is 0.0962 e. The second-order valence-electron chi connectivity index (χ2n) is 4.38. The molecule has 1 atom stereocenters. The molecule has 0 aliphatic carbocycles. The number of nitrogens with two attached hydrogens (primary N) is 1. The molecule has 1 aromatic rings. The van der Waals surface area contributed by atoms with Crippen molar-refractivity contribution < 1.29 is 0 Å². The molecule has 0 spiro atoms. The fraction of sp³-hybridized carbons (Fsp3) is 0.818. The van der Waals surface area contributed by atoms with E-state index in [-0.39, 0.29) is 0 Å². The Morgan fingerprint density at radius 3 is 3.12 bits per heavy atom. The molecular formula is C11H21N5S. The summed E-state index contributed by atoms with van der Waals surface area (Å²) in [6.45, 7) is 7.11. The summed E-state index contributed by atoms with van der Waals surface area (Å²) >= 11 is 2.10. The predicted molar refractivity (Wildman–Crippen MR) is 70.9 cm³/mol. The van der Waals surface area contributed by atoms with Crippen LogP contribution in [0.5, 0.6) is 0 Å². The van der Waals surface area contributed by atoms with Crippen molar-refractivity contribution in [2.24, 2.45) is 5.73 Å². The first kappa shape index (κ1) is 12.9. The van der Waals surface area contributed by atoms with Crippen LogP contribution in [0, 0.1) is 0 Å². The van der Waals surface area contributed by atoms with Gasteiger partial charge >= 0.3 is 0 Å². The Hall–Kier alpha value is -0.590. The number of hydrogen-bond acceptors (Lipinski definition) is 5. The second kappa shape index (κ2) is 6.37. The Morgan fingerprint density at radius 2 is 2.41 bits per heavy atom. The van der Waals surface area contributed by atoms with E-state index in [4.69, 9.17) is 5.73 Å². The van der Waals surface area contributed by atoms with Gasteiger partial charge in [0.05, 0.1) is 12.2 Å². The predicted octanol–water partition coefficient (Wildman–Crippen LogP) is 0.564. The fourth-order valence-electron chi connectivity index (χ4n) is 2.02. The standard InChI is InChI=1S/C11H21N5S/c1-2-11-9-15(5-6-17-11)3-4-16-8-10(7-12)13-14-16/h8,11H,2-7,9,12H2,1H3. The number of thioether (sulfide) groups is 1. The van der Waals surface area contributed by atoms with E-state index in [1.807, 2.05) is 10.9 Å². The van der Waals surface area contributed by atoms with Crippen LogP contribution in [0.15, 0.2) is 6.20 Å². The molecule has 2 heterocycles. The van der Waals surface area contributed by atoms with Crippen LogP contribution in [0.25, 0.3) is 0 Å². The van der Waals surface area contributed by atoms with Crippen molar-refractivity contribution in [3.05, 3.63) is 11.9 Å². The zero-order chi connectivity index (χ0) is 12.1. The summed E-state index contributed by atoms with van der Waals surface area (Å²) in [5.41, 5.74) is 6.38. The molecule has 0 amide bonds. The largest absolute Gasteiger partial charge is 0.325 e. The average molecular weight is 255 g/mol. The van der Waals surface area contributed by atoms with E-state index in [9.17, 15) is 0 Å². The van der Waals surface area contributed by atoms with Gasteiger partial charge in [-0.3, -0.25) is 9.58 Å². The van der Waals surface area contributed by atoms with Gasteiger partial charge in [-0.25, -0.2) is 0 Å². The summed E-state index contributed by atoms with van der Waals surface area (Å²) in [7, 11) is 0. The Bertz CT molecular complexity index is 340. The topological polar surface area (TPSA) is 60.0 Å².